The van der Waals surface area contributed by atoms with E-state index in [9.17, 15) is 18.7 Å². The molecule has 0 bridgehead atoms. The molecule has 7 heteroatoms. The zero-order valence-electron chi connectivity index (χ0n) is 17.2. The summed E-state index contributed by atoms with van der Waals surface area (Å²) in [7, 11) is 1.91. The molecule has 158 valence electrons. The predicted octanol–water partition coefficient (Wildman–Crippen LogP) is 4.65. The summed E-state index contributed by atoms with van der Waals surface area (Å²) >= 11 is 0. The maximum atomic E-state index is 13.4. The molecule has 1 aliphatic carbocycles. The molecule has 1 fully saturated rings. The Morgan fingerprint density at radius 3 is 2.61 bits per heavy atom. The van der Waals surface area contributed by atoms with E-state index >= 15 is 0 Å². The molecular formula is C21H32F2N2O3. The molecule has 1 amide bonds. The van der Waals surface area contributed by atoms with Crippen LogP contribution in [0.4, 0.5) is 19.3 Å². The van der Waals surface area contributed by atoms with E-state index in [1.165, 1.54) is 0 Å². The van der Waals surface area contributed by atoms with E-state index in [1.54, 1.807) is 20.8 Å². The number of carbonyl (C=O) groups excluding carboxylic acids is 1. The molecule has 0 heterocycles. The number of halogens is 2. The molecule has 0 saturated heterocycles. The van der Waals surface area contributed by atoms with Crippen LogP contribution in [0.2, 0.25) is 0 Å². The zero-order chi connectivity index (χ0) is 20.9. The number of nitrogens with zero attached hydrogens (tertiary/aromatic N) is 1. The average molecular weight is 398 g/mol. The third-order valence-corrected chi connectivity index (χ3v) is 4.98. The Morgan fingerprint density at radius 2 is 2.00 bits per heavy atom. The second kappa shape index (κ2) is 9.07. The number of ether oxygens (including phenoxy) is 1. The Morgan fingerprint density at radius 1 is 1.36 bits per heavy atom. The van der Waals surface area contributed by atoms with Gasteiger partial charge in [0.05, 0.1) is 6.10 Å². The quantitative estimate of drug-likeness (QED) is 0.732. The summed E-state index contributed by atoms with van der Waals surface area (Å²) in [6, 6.07) is 7.54. The van der Waals surface area contributed by atoms with Gasteiger partial charge in [-0.05, 0) is 57.7 Å². The van der Waals surface area contributed by atoms with Crippen molar-refractivity contribution < 1.29 is 23.4 Å². The van der Waals surface area contributed by atoms with Gasteiger partial charge >= 0.3 is 6.09 Å². The highest BCUT2D eigenvalue weighted by Crippen LogP contribution is 2.36. The lowest BCUT2D eigenvalue weighted by Crippen LogP contribution is -2.38. The van der Waals surface area contributed by atoms with E-state index < -0.39 is 23.7 Å². The maximum absolute atomic E-state index is 13.4. The fourth-order valence-corrected chi connectivity index (χ4v) is 3.37. The lowest BCUT2D eigenvalue weighted by Gasteiger charge is -2.36. The molecule has 1 unspecified atom stereocenters. The highest BCUT2D eigenvalue weighted by atomic mass is 19.3. The molecule has 5 nitrogen and oxygen atoms in total. The van der Waals surface area contributed by atoms with Gasteiger partial charge < -0.3 is 20.1 Å². The van der Waals surface area contributed by atoms with Crippen molar-refractivity contribution in [3.05, 3.63) is 29.8 Å². The normalized spacial score (nSPS) is 18.4. The van der Waals surface area contributed by atoms with Crippen molar-refractivity contribution in [2.24, 2.45) is 0 Å². The molecule has 1 aromatic carbocycles. The number of benzene rings is 1. The Labute approximate surface area is 166 Å². The molecule has 0 radical (unpaired) electrons. The van der Waals surface area contributed by atoms with Gasteiger partial charge in [-0.25, -0.2) is 13.6 Å². The van der Waals surface area contributed by atoms with Crippen LogP contribution in [0, 0.1) is 0 Å². The summed E-state index contributed by atoms with van der Waals surface area (Å²) in [6.45, 7) is 5.65. The standard InChI is InChI=1S/C21H32F2N2O3/c1-20(2,3)28-19(27)24-13-10-18(26)15-6-5-7-17(14-15)25(4)16-8-11-21(22,23)12-9-16/h5-7,14,16,18,26H,8-13H2,1-4H3,(H,24,27). The van der Waals surface area contributed by atoms with Gasteiger partial charge in [0.25, 0.3) is 0 Å². The first-order valence-electron chi connectivity index (χ1n) is 9.82. The van der Waals surface area contributed by atoms with E-state index in [0.717, 1.165) is 11.3 Å². The minimum atomic E-state index is -2.55. The van der Waals surface area contributed by atoms with Crippen molar-refractivity contribution in [3.8, 4) is 0 Å². The number of hydrogen-bond acceptors (Lipinski definition) is 4. The molecule has 28 heavy (non-hydrogen) atoms. The zero-order valence-corrected chi connectivity index (χ0v) is 17.2. The Balaban J connectivity index is 1.88. The van der Waals surface area contributed by atoms with E-state index in [0.29, 0.717) is 19.3 Å². The second-order valence-corrected chi connectivity index (χ2v) is 8.53. The number of alkyl carbamates (subject to hydrolysis) is 1. The molecule has 2 N–H and O–H groups in total. The molecule has 1 atom stereocenters. The van der Waals surface area contributed by atoms with Crippen molar-refractivity contribution in [1.82, 2.24) is 5.32 Å². The minimum absolute atomic E-state index is 0.0702. The maximum Gasteiger partial charge on any atom is 0.407 e. The van der Waals surface area contributed by atoms with Crippen LogP contribution in [0.25, 0.3) is 0 Å². The van der Waals surface area contributed by atoms with Gasteiger partial charge in [0.2, 0.25) is 5.92 Å². The number of anilines is 1. The van der Waals surface area contributed by atoms with Crippen LogP contribution in [-0.2, 0) is 4.74 Å². The number of hydrogen-bond donors (Lipinski definition) is 2. The molecule has 0 spiro atoms. The minimum Gasteiger partial charge on any atom is -0.444 e. The van der Waals surface area contributed by atoms with Gasteiger partial charge in [0.15, 0.2) is 0 Å². The van der Waals surface area contributed by atoms with Gasteiger partial charge in [0.1, 0.15) is 5.60 Å². The summed E-state index contributed by atoms with van der Waals surface area (Å²) in [5.74, 6) is -2.55. The summed E-state index contributed by atoms with van der Waals surface area (Å²) in [5, 5.41) is 13.1. The summed E-state index contributed by atoms with van der Waals surface area (Å²) < 4.78 is 31.9. The first-order chi connectivity index (χ1) is 13.0. The fraction of sp³-hybridized carbons (Fsp3) is 0.667. The average Bonchev–Trinajstić information content (AvgIpc) is 2.59. The molecule has 2 rings (SSSR count). The van der Waals surface area contributed by atoms with E-state index in [4.69, 9.17) is 4.74 Å². The van der Waals surface area contributed by atoms with Crippen LogP contribution in [0.3, 0.4) is 0 Å². The van der Waals surface area contributed by atoms with Crippen LogP contribution in [-0.4, -0.2) is 42.4 Å². The number of carbonyl (C=O) groups is 1. The summed E-state index contributed by atoms with van der Waals surface area (Å²) in [4.78, 5) is 13.7. The summed E-state index contributed by atoms with van der Waals surface area (Å²) in [5.41, 5.74) is 1.06. The van der Waals surface area contributed by atoms with E-state index in [2.05, 4.69) is 5.32 Å². The van der Waals surface area contributed by atoms with Gasteiger partial charge in [0, 0.05) is 38.2 Å². The number of rotatable bonds is 6. The number of alkyl halides is 2. The lowest BCUT2D eigenvalue weighted by molar-refractivity contribution is -0.0378. The Kier molecular flexibility index (Phi) is 7.26. The molecule has 1 aliphatic rings. The molecule has 1 saturated carbocycles. The van der Waals surface area contributed by atoms with Crippen LogP contribution in [0.15, 0.2) is 24.3 Å². The summed E-state index contributed by atoms with van der Waals surface area (Å²) in [6.07, 6.45) is -0.156. The monoisotopic (exact) mass is 398 g/mol. The number of nitrogens with one attached hydrogen (secondary N) is 1. The van der Waals surface area contributed by atoms with Crippen LogP contribution in [0.1, 0.15) is 64.5 Å². The second-order valence-electron chi connectivity index (χ2n) is 8.53. The van der Waals surface area contributed by atoms with Gasteiger partial charge in [-0.3, -0.25) is 0 Å². The Hall–Kier alpha value is -1.89. The number of aliphatic hydroxyl groups is 1. The van der Waals surface area contributed by atoms with Gasteiger partial charge in [-0.2, -0.15) is 0 Å². The fourth-order valence-electron chi connectivity index (χ4n) is 3.37. The first-order valence-corrected chi connectivity index (χ1v) is 9.82. The van der Waals surface area contributed by atoms with Gasteiger partial charge in [-0.15, -0.1) is 0 Å². The molecule has 0 aromatic heterocycles. The Bertz CT molecular complexity index is 651. The first kappa shape index (κ1) is 22.4. The lowest BCUT2D eigenvalue weighted by atomic mass is 9.91. The number of aliphatic hydroxyl groups excluding tert-OH is 1. The van der Waals surface area contributed by atoms with Crippen LogP contribution < -0.4 is 10.2 Å². The van der Waals surface area contributed by atoms with Crippen molar-refractivity contribution in [1.29, 1.82) is 0 Å². The molecular weight excluding hydrogens is 366 g/mol. The highest BCUT2D eigenvalue weighted by molar-refractivity contribution is 5.67. The third kappa shape index (κ3) is 6.93. The predicted molar refractivity (Wildman–Crippen MR) is 106 cm³/mol. The van der Waals surface area contributed by atoms with E-state index in [1.807, 2.05) is 36.2 Å². The topological polar surface area (TPSA) is 61.8 Å². The van der Waals surface area contributed by atoms with E-state index in [-0.39, 0.29) is 25.4 Å². The number of amides is 1. The SMILES string of the molecule is CN(c1cccc(C(O)CCNC(=O)OC(C)(C)C)c1)C1CCC(F)(F)CC1. The smallest absolute Gasteiger partial charge is 0.407 e. The van der Waals surface area contributed by atoms with Crippen LogP contribution in [0.5, 0.6) is 0 Å². The van der Waals surface area contributed by atoms with Crippen LogP contribution >= 0.6 is 0 Å². The van der Waals surface area contributed by atoms with Gasteiger partial charge in [-0.1, -0.05) is 12.1 Å². The molecule has 0 aliphatic heterocycles. The van der Waals surface area contributed by atoms with Crippen molar-refractivity contribution in [2.75, 3.05) is 18.5 Å². The molecule has 1 aromatic rings. The van der Waals surface area contributed by atoms with Crippen molar-refractivity contribution in [3.63, 3.8) is 0 Å². The highest BCUT2D eigenvalue weighted by Gasteiger charge is 2.36. The largest absolute Gasteiger partial charge is 0.444 e. The van der Waals surface area contributed by atoms with Crippen molar-refractivity contribution >= 4 is 11.8 Å². The third-order valence-electron chi connectivity index (χ3n) is 4.98. The van der Waals surface area contributed by atoms with Crippen molar-refractivity contribution in [2.45, 2.75) is 76.5 Å².